The number of nitrogens with zero attached hydrogens (tertiary/aromatic N) is 3. The molecular formula is C74H74BN3. The Morgan fingerprint density at radius 3 is 1.13 bits per heavy atom. The van der Waals surface area contributed by atoms with Crippen LogP contribution in [0.3, 0.4) is 0 Å². The van der Waals surface area contributed by atoms with Crippen molar-refractivity contribution in [2.24, 2.45) is 10.8 Å². The van der Waals surface area contributed by atoms with Gasteiger partial charge >= 0.3 is 0 Å². The van der Waals surface area contributed by atoms with E-state index in [0.29, 0.717) is 13.1 Å². The van der Waals surface area contributed by atoms with Gasteiger partial charge in [-0.15, -0.1) is 0 Å². The molecule has 2 heterocycles. The van der Waals surface area contributed by atoms with Crippen molar-refractivity contribution >= 4 is 62.9 Å². The smallest absolute Gasteiger partial charge is 0.252 e. The van der Waals surface area contributed by atoms with Gasteiger partial charge in [0.05, 0.1) is 5.69 Å². The van der Waals surface area contributed by atoms with Crippen LogP contribution >= 0.6 is 0 Å². The molecule has 3 nitrogen and oxygen atoms in total. The lowest BCUT2D eigenvalue weighted by Gasteiger charge is -2.46. The van der Waals surface area contributed by atoms with Gasteiger partial charge in [0, 0.05) is 47.2 Å². The van der Waals surface area contributed by atoms with Crippen molar-refractivity contribution in [1.82, 2.24) is 0 Å². The topological polar surface area (TPSA) is 9.72 Å². The molecule has 0 atom stereocenters. The number of benzene rings is 9. The maximum Gasteiger partial charge on any atom is 0.252 e. The van der Waals surface area contributed by atoms with Crippen LogP contribution in [-0.4, -0.2) is 6.71 Å². The second kappa shape index (κ2) is 18.5. The van der Waals surface area contributed by atoms with E-state index in [1.54, 1.807) is 0 Å². The van der Waals surface area contributed by atoms with Crippen molar-refractivity contribution in [3.8, 4) is 22.3 Å². The number of fused-ring (bicyclic) bond motifs is 6. The molecule has 9 aromatic rings. The highest BCUT2D eigenvalue weighted by Gasteiger charge is 2.46. The van der Waals surface area contributed by atoms with Crippen LogP contribution in [0.5, 0.6) is 0 Å². The van der Waals surface area contributed by atoms with Gasteiger partial charge in [0.1, 0.15) is 0 Å². The summed E-state index contributed by atoms with van der Waals surface area (Å²) >= 11 is 0. The van der Waals surface area contributed by atoms with Crippen LogP contribution in [0.25, 0.3) is 22.3 Å². The molecule has 0 spiro atoms. The predicted molar refractivity (Wildman–Crippen MR) is 334 cm³/mol. The van der Waals surface area contributed by atoms with Gasteiger partial charge in [-0.1, -0.05) is 215 Å². The van der Waals surface area contributed by atoms with Gasteiger partial charge in [-0.25, -0.2) is 0 Å². The summed E-state index contributed by atoms with van der Waals surface area (Å²) in [6.45, 7) is 25.3. The molecule has 388 valence electrons. The first-order valence-electron chi connectivity index (χ1n) is 28.7. The molecule has 2 aliphatic heterocycles. The van der Waals surface area contributed by atoms with E-state index in [0.717, 1.165) is 42.7 Å². The molecule has 0 N–H and O–H groups in total. The summed E-state index contributed by atoms with van der Waals surface area (Å²) in [5.74, 6) is 0. The molecule has 0 saturated carbocycles. The second-order valence-electron chi connectivity index (χ2n) is 26.9. The molecule has 78 heavy (non-hydrogen) atoms. The minimum Gasteiger partial charge on any atom is -0.338 e. The normalized spacial score (nSPS) is 15.6. The molecular weight excluding hydrogens is 942 g/mol. The molecule has 9 aromatic carbocycles. The zero-order valence-electron chi connectivity index (χ0n) is 47.6. The summed E-state index contributed by atoms with van der Waals surface area (Å²) in [5.41, 5.74) is 29.7. The van der Waals surface area contributed by atoms with E-state index in [4.69, 9.17) is 0 Å². The summed E-state index contributed by atoms with van der Waals surface area (Å²) in [7, 11) is 0. The molecule has 2 aliphatic carbocycles. The maximum atomic E-state index is 2.75. The first-order valence-corrected chi connectivity index (χ1v) is 28.7. The number of para-hydroxylation sites is 2. The van der Waals surface area contributed by atoms with Crippen molar-refractivity contribution in [2.75, 3.05) is 14.7 Å². The third kappa shape index (κ3) is 8.96. The van der Waals surface area contributed by atoms with Gasteiger partial charge in [0.2, 0.25) is 0 Å². The van der Waals surface area contributed by atoms with Crippen molar-refractivity contribution in [2.45, 2.75) is 119 Å². The molecule has 0 radical (unpaired) electrons. The molecule has 0 aromatic heterocycles. The number of rotatable bonds is 9. The highest BCUT2D eigenvalue weighted by Crippen LogP contribution is 2.49. The monoisotopic (exact) mass is 1020 g/mol. The van der Waals surface area contributed by atoms with Gasteiger partial charge in [0.15, 0.2) is 0 Å². The first kappa shape index (κ1) is 50.0. The zero-order valence-corrected chi connectivity index (χ0v) is 47.6. The minimum absolute atomic E-state index is 0.00815. The lowest BCUT2D eigenvalue weighted by atomic mass is 9.33. The van der Waals surface area contributed by atoms with Gasteiger partial charge in [-0.3, -0.25) is 0 Å². The summed E-state index contributed by atoms with van der Waals surface area (Å²) in [6, 6.07) is 74.7. The van der Waals surface area contributed by atoms with E-state index >= 15 is 0 Å². The van der Waals surface area contributed by atoms with Gasteiger partial charge in [0.25, 0.3) is 6.71 Å². The quantitative estimate of drug-likeness (QED) is 0.133. The first-order chi connectivity index (χ1) is 37.4. The van der Waals surface area contributed by atoms with Crippen LogP contribution in [0.4, 0.5) is 39.8 Å². The fourth-order valence-corrected chi connectivity index (χ4v) is 13.8. The van der Waals surface area contributed by atoms with Crippen LogP contribution in [-0.2, 0) is 49.6 Å². The number of hydrogen-bond donors (Lipinski definition) is 0. The zero-order chi connectivity index (χ0) is 53.9. The van der Waals surface area contributed by atoms with E-state index in [9.17, 15) is 0 Å². The molecule has 0 fully saturated rings. The average molecular weight is 1020 g/mol. The molecule has 0 unspecified atom stereocenters. The number of anilines is 7. The maximum absolute atomic E-state index is 2.75. The van der Waals surface area contributed by atoms with Crippen LogP contribution in [0.1, 0.15) is 114 Å². The van der Waals surface area contributed by atoms with Crippen molar-refractivity contribution in [3.05, 3.63) is 239 Å². The predicted octanol–water partition coefficient (Wildman–Crippen LogP) is 17.2. The summed E-state index contributed by atoms with van der Waals surface area (Å²) in [5, 5.41) is 0. The van der Waals surface area contributed by atoms with E-state index in [1.165, 1.54) is 106 Å². The Bertz CT molecular complexity index is 3520. The van der Waals surface area contributed by atoms with Gasteiger partial charge < -0.3 is 14.7 Å². The van der Waals surface area contributed by atoms with Crippen molar-refractivity contribution < 1.29 is 0 Å². The lowest BCUT2D eigenvalue weighted by Crippen LogP contribution is -2.62. The Kier molecular flexibility index (Phi) is 11.9. The molecule has 0 amide bonds. The Morgan fingerprint density at radius 1 is 0.397 bits per heavy atom. The van der Waals surface area contributed by atoms with Crippen LogP contribution < -0.4 is 31.1 Å². The molecule has 4 aliphatic rings. The van der Waals surface area contributed by atoms with Gasteiger partial charge in [-0.05, 0) is 179 Å². The third-order valence-corrected chi connectivity index (χ3v) is 17.6. The lowest BCUT2D eigenvalue weighted by molar-refractivity contribution is 0.392. The molecule has 0 saturated heterocycles. The highest BCUT2D eigenvalue weighted by atomic mass is 15.2. The van der Waals surface area contributed by atoms with E-state index in [2.05, 4.69) is 278 Å². The standard InChI is InChI=1S/C74H74BN3/c1-71(2,3)57-33-31-51(62(39-57)49-23-15-11-16-24-49)47-76-66-37-55-45-73(7,8)43-53(55)35-64(66)75-65-36-54-44-74(9,10)46-56(54)38-67(65)77(48-52-32-34-58(72(4,5)6)40-63(52)50-25-17-12-18-26-50)69-42-61(41-68(76)70(69)75)78(59-27-19-13-20-28-59)60-29-21-14-22-30-60/h11-42H,43-48H2,1-10H3. The van der Waals surface area contributed by atoms with E-state index < -0.39 is 0 Å². The Morgan fingerprint density at radius 2 is 0.756 bits per heavy atom. The van der Waals surface area contributed by atoms with Crippen LogP contribution in [0, 0.1) is 10.8 Å². The van der Waals surface area contributed by atoms with E-state index in [-0.39, 0.29) is 28.4 Å². The fraction of sp³-hybridized carbons (Fsp3) is 0.270. The molecule has 4 heteroatoms. The summed E-state index contributed by atoms with van der Waals surface area (Å²) in [4.78, 5) is 7.99. The fourth-order valence-electron chi connectivity index (χ4n) is 13.8. The Labute approximate surface area is 465 Å². The largest absolute Gasteiger partial charge is 0.338 e. The molecule has 13 rings (SSSR count). The van der Waals surface area contributed by atoms with Crippen molar-refractivity contribution in [3.63, 3.8) is 0 Å². The Hall–Kier alpha value is -7.56. The minimum atomic E-state index is -0.00815. The Balaban J connectivity index is 1.13. The summed E-state index contributed by atoms with van der Waals surface area (Å²) in [6.07, 6.45) is 4.31. The number of hydrogen-bond acceptors (Lipinski definition) is 3. The summed E-state index contributed by atoms with van der Waals surface area (Å²) < 4.78 is 0. The SMILES string of the molecule is CC1(C)Cc2cc3c(cc2C1)N(Cc1ccc(C(C)(C)C)cc1-c1ccccc1)c1cc(N(c2ccccc2)c2ccccc2)cc2c1B3c1cc3c(cc1N2Cc1ccc(C(C)(C)C)cc1-c1ccccc1)CC(C)(C)C3. The van der Waals surface area contributed by atoms with Crippen LogP contribution in [0.2, 0.25) is 0 Å². The van der Waals surface area contributed by atoms with Crippen molar-refractivity contribution in [1.29, 1.82) is 0 Å². The second-order valence-corrected chi connectivity index (χ2v) is 26.9. The highest BCUT2D eigenvalue weighted by molar-refractivity contribution is 7.00. The van der Waals surface area contributed by atoms with E-state index in [1.807, 2.05) is 0 Å². The van der Waals surface area contributed by atoms with Crippen LogP contribution in [0.15, 0.2) is 194 Å². The van der Waals surface area contributed by atoms with Gasteiger partial charge in [-0.2, -0.15) is 0 Å². The third-order valence-electron chi connectivity index (χ3n) is 17.6. The average Bonchev–Trinajstić information content (AvgIpc) is 4.07. The molecule has 0 bridgehead atoms.